The maximum atomic E-state index is 11.9. The molecule has 1 aromatic heterocycles. The van der Waals surface area contributed by atoms with E-state index in [1.165, 1.54) is 0 Å². The van der Waals surface area contributed by atoms with Gasteiger partial charge in [-0.1, -0.05) is 39.8 Å². The summed E-state index contributed by atoms with van der Waals surface area (Å²) < 4.78 is 5.17. The van der Waals surface area contributed by atoms with Crippen molar-refractivity contribution in [3.8, 4) is 0 Å². The van der Waals surface area contributed by atoms with Gasteiger partial charge in [-0.2, -0.15) is 4.98 Å². The molecule has 0 aliphatic rings. The first kappa shape index (κ1) is 18.6. The van der Waals surface area contributed by atoms with Crippen molar-refractivity contribution in [1.82, 2.24) is 15.5 Å². The van der Waals surface area contributed by atoms with Gasteiger partial charge in [-0.3, -0.25) is 4.79 Å². The van der Waals surface area contributed by atoms with Gasteiger partial charge in [0.2, 0.25) is 11.8 Å². The molecular formula is C16H29N3O3. The third kappa shape index (κ3) is 6.56. The van der Waals surface area contributed by atoms with E-state index in [0.29, 0.717) is 37.5 Å². The fraction of sp³-hybridized carbons (Fsp3) is 0.812. The highest BCUT2D eigenvalue weighted by atomic mass is 16.5. The number of carbonyl (C=O) groups is 1. The topological polar surface area (TPSA) is 88.2 Å². The zero-order valence-electron chi connectivity index (χ0n) is 14.6. The summed E-state index contributed by atoms with van der Waals surface area (Å²) >= 11 is 0. The van der Waals surface area contributed by atoms with Gasteiger partial charge in [0.25, 0.3) is 0 Å². The molecule has 2 N–H and O–H groups in total. The highest BCUT2D eigenvalue weighted by Crippen LogP contribution is 2.21. The average molecular weight is 311 g/mol. The Morgan fingerprint density at radius 3 is 2.45 bits per heavy atom. The van der Waals surface area contributed by atoms with Gasteiger partial charge in [0, 0.05) is 24.8 Å². The lowest BCUT2D eigenvalue weighted by molar-refractivity contribution is -0.121. The number of aromatic nitrogens is 2. The molecule has 1 unspecified atom stereocenters. The van der Waals surface area contributed by atoms with Crippen LogP contribution < -0.4 is 5.32 Å². The van der Waals surface area contributed by atoms with Gasteiger partial charge < -0.3 is 14.9 Å². The number of nitrogens with zero attached hydrogens (tertiary/aromatic N) is 2. The first-order valence-corrected chi connectivity index (χ1v) is 7.77. The van der Waals surface area contributed by atoms with Gasteiger partial charge in [-0.25, -0.2) is 0 Å². The molecule has 0 saturated heterocycles. The summed E-state index contributed by atoms with van der Waals surface area (Å²) in [6.07, 6.45) is 1.02. The van der Waals surface area contributed by atoms with Gasteiger partial charge in [0.15, 0.2) is 5.82 Å². The van der Waals surface area contributed by atoms with E-state index in [-0.39, 0.29) is 22.8 Å². The van der Waals surface area contributed by atoms with Crippen molar-refractivity contribution in [1.29, 1.82) is 0 Å². The van der Waals surface area contributed by atoms with E-state index in [2.05, 4.69) is 15.5 Å². The van der Waals surface area contributed by atoms with Crippen LogP contribution in [0.3, 0.4) is 0 Å². The molecule has 6 heteroatoms. The predicted octanol–water partition coefficient (Wildman–Crippen LogP) is 2.21. The highest BCUT2D eigenvalue weighted by Gasteiger charge is 2.22. The van der Waals surface area contributed by atoms with E-state index in [1.54, 1.807) is 6.92 Å². The monoisotopic (exact) mass is 311 g/mol. The molecule has 126 valence electrons. The van der Waals surface area contributed by atoms with E-state index in [0.717, 1.165) is 0 Å². The van der Waals surface area contributed by atoms with E-state index >= 15 is 0 Å². The predicted molar refractivity (Wildman–Crippen MR) is 84.4 cm³/mol. The molecule has 22 heavy (non-hydrogen) atoms. The molecule has 1 amide bonds. The Morgan fingerprint density at radius 1 is 1.32 bits per heavy atom. The van der Waals surface area contributed by atoms with Crippen LogP contribution >= 0.6 is 0 Å². The molecule has 0 fully saturated rings. The number of aliphatic hydroxyl groups is 1. The van der Waals surface area contributed by atoms with Gasteiger partial charge in [-0.05, 0) is 18.8 Å². The minimum absolute atomic E-state index is 0.0471. The largest absolute Gasteiger partial charge is 0.393 e. The molecule has 0 aliphatic carbocycles. The number of aliphatic hydroxyl groups excluding tert-OH is 1. The molecule has 0 spiro atoms. The SMILES string of the molecule is CC(O)CC(C)(C)CNC(=O)CCc1nc(C(C)(C)C)no1. The first-order chi connectivity index (χ1) is 9.99. The third-order valence-electron chi connectivity index (χ3n) is 3.32. The molecule has 1 rings (SSSR count). The highest BCUT2D eigenvalue weighted by molar-refractivity contribution is 5.76. The van der Waals surface area contributed by atoms with Crippen LogP contribution in [0.15, 0.2) is 4.52 Å². The van der Waals surface area contributed by atoms with E-state index in [1.807, 2.05) is 34.6 Å². The van der Waals surface area contributed by atoms with Crippen molar-refractivity contribution in [2.45, 2.75) is 72.3 Å². The summed E-state index contributed by atoms with van der Waals surface area (Å²) in [7, 11) is 0. The molecule has 0 radical (unpaired) electrons. The number of amides is 1. The lowest BCUT2D eigenvalue weighted by atomic mass is 9.87. The van der Waals surface area contributed by atoms with Crippen LogP contribution in [0.2, 0.25) is 0 Å². The fourth-order valence-electron chi connectivity index (χ4n) is 2.18. The minimum Gasteiger partial charge on any atom is -0.393 e. The minimum atomic E-state index is -0.374. The molecule has 6 nitrogen and oxygen atoms in total. The van der Waals surface area contributed by atoms with E-state index < -0.39 is 0 Å². The summed E-state index contributed by atoms with van der Waals surface area (Å²) in [5.41, 5.74) is -0.289. The second-order valence-corrected chi connectivity index (χ2v) is 7.76. The number of rotatable bonds is 7. The summed E-state index contributed by atoms with van der Waals surface area (Å²) in [5.74, 6) is 1.10. The number of nitrogens with one attached hydrogen (secondary N) is 1. The Balaban J connectivity index is 2.39. The molecule has 0 aliphatic heterocycles. The van der Waals surface area contributed by atoms with Crippen LogP contribution in [0, 0.1) is 5.41 Å². The van der Waals surface area contributed by atoms with Crippen LogP contribution in [-0.2, 0) is 16.6 Å². The maximum Gasteiger partial charge on any atom is 0.227 e. The van der Waals surface area contributed by atoms with Crippen LogP contribution in [0.4, 0.5) is 0 Å². The van der Waals surface area contributed by atoms with Crippen LogP contribution in [0.1, 0.15) is 66.1 Å². The average Bonchev–Trinajstić information content (AvgIpc) is 2.81. The van der Waals surface area contributed by atoms with Crippen molar-refractivity contribution in [3.63, 3.8) is 0 Å². The third-order valence-corrected chi connectivity index (χ3v) is 3.32. The number of hydrogen-bond acceptors (Lipinski definition) is 5. The number of hydrogen-bond donors (Lipinski definition) is 2. The molecule has 1 heterocycles. The quantitative estimate of drug-likeness (QED) is 0.806. The second kappa shape index (κ2) is 7.22. The van der Waals surface area contributed by atoms with Crippen molar-refractivity contribution in [3.05, 3.63) is 11.7 Å². The standard InChI is InChI=1S/C16H29N3O3/c1-11(20)9-16(5,6)10-17-12(21)7-8-13-18-14(19-22-13)15(2,3)4/h11,20H,7-10H2,1-6H3,(H,17,21). The van der Waals surface area contributed by atoms with Crippen molar-refractivity contribution < 1.29 is 14.4 Å². The Bertz CT molecular complexity index is 487. The second-order valence-electron chi connectivity index (χ2n) is 7.76. The van der Waals surface area contributed by atoms with Crippen molar-refractivity contribution in [2.75, 3.05) is 6.54 Å². The molecule has 0 bridgehead atoms. The fourth-order valence-corrected chi connectivity index (χ4v) is 2.18. The maximum absolute atomic E-state index is 11.9. The normalized spacial score (nSPS) is 14.0. The number of aryl methyl sites for hydroxylation is 1. The summed E-state index contributed by atoms with van der Waals surface area (Å²) in [5, 5.41) is 16.3. The summed E-state index contributed by atoms with van der Waals surface area (Å²) in [6.45, 7) is 12.4. The van der Waals surface area contributed by atoms with Crippen LogP contribution in [-0.4, -0.2) is 33.8 Å². The van der Waals surface area contributed by atoms with Crippen molar-refractivity contribution >= 4 is 5.91 Å². The van der Waals surface area contributed by atoms with Crippen LogP contribution in [0.5, 0.6) is 0 Å². The molecule has 1 aromatic rings. The Morgan fingerprint density at radius 2 is 1.95 bits per heavy atom. The van der Waals surface area contributed by atoms with E-state index in [9.17, 15) is 9.90 Å². The zero-order chi connectivity index (χ0) is 17.0. The van der Waals surface area contributed by atoms with Crippen LogP contribution in [0.25, 0.3) is 0 Å². The zero-order valence-corrected chi connectivity index (χ0v) is 14.6. The smallest absolute Gasteiger partial charge is 0.227 e. The number of carbonyl (C=O) groups excluding carboxylic acids is 1. The Kier molecular flexibility index (Phi) is 6.11. The Labute approximate surface area is 132 Å². The molecule has 0 aromatic carbocycles. The molecular weight excluding hydrogens is 282 g/mol. The van der Waals surface area contributed by atoms with Gasteiger partial charge >= 0.3 is 0 Å². The summed E-state index contributed by atoms with van der Waals surface area (Å²) in [6, 6.07) is 0. The van der Waals surface area contributed by atoms with E-state index in [4.69, 9.17) is 4.52 Å². The first-order valence-electron chi connectivity index (χ1n) is 7.77. The van der Waals surface area contributed by atoms with Gasteiger partial charge in [-0.15, -0.1) is 0 Å². The van der Waals surface area contributed by atoms with Gasteiger partial charge in [0.1, 0.15) is 0 Å². The Hall–Kier alpha value is -1.43. The molecule has 1 atom stereocenters. The lowest BCUT2D eigenvalue weighted by Gasteiger charge is -2.26. The van der Waals surface area contributed by atoms with Crippen molar-refractivity contribution in [2.24, 2.45) is 5.41 Å². The lowest BCUT2D eigenvalue weighted by Crippen LogP contribution is -2.35. The van der Waals surface area contributed by atoms with Gasteiger partial charge in [0.05, 0.1) is 6.10 Å². The summed E-state index contributed by atoms with van der Waals surface area (Å²) in [4.78, 5) is 16.2. The molecule has 0 saturated carbocycles.